The average molecular weight is 295 g/mol. The number of urea groups is 1. The van der Waals surface area contributed by atoms with Gasteiger partial charge in [0.05, 0.1) is 12.2 Å². The highest BCUT2D eigenvalue weighted by Crippen LogP contribution is 2.23. The third kappa shape index (κ3) is 3.96. The maximum Gasteiger partial charge on any atom is 0.323 e. The van der Waals surface area contributed by atoms with E-state index in [0.717, 1.165) is 37.1 Å². The second-order valence-corrected chi connectivity index (χ2v) is 5.37. The summed E-state index contributed by atoms with van der Waals surface area (Å²) in [6.45, 7) is 3.53. The van der Waals surface area contributed by atoms with E-state index >= 15 is 0 Å². The van der Waals surface area contributed by atoms with Crippen molar-refractivity contribution in [2.75, 3.05) is 6.54 Å². The van der Waals surface area contributed by atoms with Crippen molar-refractivity contribution in [3.05, 3.63) is 17.3 Å². The van der Waals surface area contributed by atoms with Gasteiger partial charge in [-0.15, -0.1) is 0 Å². The van der Waals surface area contributed by atoms with Gasteiger partial charge in [-0.2, -0.15) is 0 Å². The van der Waals surface area contributed by atoms with Gasteiger partial charge in [0.2, 0.25) is 5.89 Å². The molecule has 0 atom stereocenters. The molecule has 0 radical (unpaired) electrons. The molecule has 1 aromatic rings. The zero-order valence-corrected chi connectivity index (χ0v) is 12.4. The first kappa shape index (κ1) is 15.3. The molecule has 2 N–H and O–H groups in total. The molecular formula is C14H21N3O4. The Hall–Kier alpha value is -2.05. The molecule has 1 fully saturated rings. The minimum absolute atomic E-state index is 0.00846. The highest BCUT2D eigenvalue weighted by molar-refractivity contribution is 5.80. The van der Waals surface area contributed by atoms with Crippen molar-refractivity contribution < 1.29 is 19.1 Å². The molecule has 116 valence electrons. The summed E-state index contributed by atoms with van der Waals surface area (Å²) in [5, 5.41) is 11.7. The smallest absolute Gasteiger partial charge is 0.323 e. The van der Waals surface area contributed by atoms with Gasteiger partial charge in [-0.05, 0) is 26.7 Å². The van der Waals surface area contributed by atoms with Crippen LogP contribution in [0.1, 0.15) is 43.0 Å². The summed E-state index contributed by atoms with van der Waals surface area (Å²) < 4.78 is 5.39. The number of hydrogen-bond donors (Lipinski definition) is 2. The fourth-order valence-electron chi connectivity index (χ4n) is 2.60. The lowest BCUT2D eigenvalue weighted by Gasteiger charge is -2.27. The standard InChI is InChI=1S/C14H21N3O4/c1-9-10(2)21-12(16-9)7-15-14(20)17(8-13(18)19)11-5-3-4-6-11/h11H,3-8H2,1-2H3,(H,15,20)(H,18,19). The summed E-state index contributed by atoms with van der Waals surface area (Å²) in [5.41, 5.74) is 0.789. The van der Waals surface area contributed by atoms with Crippen molar-refractivity contribution >= 4 is 12.0 Å². The largest absolute Gasteiger partial charge is 0.480 e. The van der Waals surface area contributed by atoms with E-state index in [1.807, 2.05) is 13.8 Å². The van der Waals surface area contributed by atoms with Crippen LogP contribution in [0.3, 0.4) is 0 Å². The number of aryl methyl sites for hydroxylation is 2. The molecule has 21 heavy (non-hydrogen) atoms. The van der Waals surface area contributed by atoms with Crippen molar-refractivity contribution in [3.63, 3.8) is 0 Å². The lowest BCUT2D eigenvalue weighted by molar-refractivity contribution is -0.138. The van der Waals surface area contributed by atoms with E-state index < -0.39 is 5.97 Å². The van der Waals surface area contributed by atoms with Gasteiger partial charge in [0, 0.05) is 6.04 Å². The van der Waals surface area contributed by atoms with E-state index in [4.69, 9.17) is 9.52 Å². The van der Waals surface area contributed by atoms with Crippen LogP contribution >= 0.6 is 0 Å². The normalized spacial score (nSPS) is 15.1. The topological polar surface area (TPSA) is 95.7 Å². The highest BCUT2D eigenvalue weighted by atomic mass is 16.4. The predicted octanol–water partition coefficient (Wildman–Crippen LogP) is 1.83. The summed E-state index contributed by atoms with van der Waals surface area (Å²) in [7, 11) is 0. The maximum atomic E-state index is 12.2. The number of aliphatic carboxylic acids is 1. The third-order valence-electron chi connectivity index (χ3n) is 3.80. The number of hydrogen-bond acceptors (Lipinski definition) is 4. The highest BCUT2D eigenvalue weighted by Gasteiger charge is 2.28. The van der Waals surface area contributed by atoms with Crippen LogP contribution in [0.5, 0.6) is 0 Å². The summed E-state index contributed by atoms with van der Waals surface area (Å²) in [6.07, 6.45) is 3.79. The molecule has 7 nitrogen and oxygen atoms in total. The maximum absolute atomic E-state index is 12.2. The fraction of sp³-hybridized carbons (Fsp3) is 0.643. The zero-order chi connectivity index (χ0) is 15.4. The fourth-order valence-corrected chi connectivity index (χ4v) is 2.60. The molecule has 2 amide bonds. The minimum atomic E-state index is -1.00. The first-order valence-corrected chi connectivity index (χ1v) is 7.16. The Kier molecular flexibility index (Phi) is 4.82. The van der Waals surface area contributed by atoms with E-state index in [-0.39, 0.29) is 25.2 Å². The Morgan fingerprint density at radius 3 is 2.57 bits per heavy atom. The molecule has 1 heterocycles. The summed E-state index contributed by atoms with van der Waals surface area (Å²) in [6, 6.07) is -0.369. The number of carbonyl (C=O) groups is 2. The number of carboxylic acid groups (broad SMARTS) is 1. The van der Waals surface area contributed by atoms with Crippen molar-refractivity contribution in [1.29, 1.82) is 0 Å². The van der Waals surface area contributed by atoms with Gasteiger partial charge in [0.25, 0.3) is 0 Å². The van der Waals surface area contributed by atoms with Gasteiger partial charge in [0.1, 0.15) is 12.3 Å². The second kappa shape index (κ2) is 6.60. The summed E-state index contributed by atoms with van der Waals surface area (Å²) in [4.78, 5) is 28.7. The predicted molar refractivity (Wildman–Crippen MR) is 74.8 cm³/mol. The molecular weight excluding hydrogens is 274 g/mol. The first-order chi connectivity index (χ1) is 9.97. The molecule has 0 spiro atoms. The number of oxazole rings is 1. The van der Waals surface area contributed by atoms with Crippen molar-refractivity contribution in [3.8, 4) is 0 Å². The van der Waals surface area contributed by atoms with Gasteiger partial charge in [0.15, 0.2) is 0 Å². The molecule has 0 saturated heterocycles. The SMILES string of the molecule is Cc1nc(CNC(=O)N(CC(=O)O)C2CCCC2)oc1C. The Bertz CT molecular complexity index is 501. The number of aromatic nitrogens is 1. The number of carbonyl (C=O) groups excluding carboxylic acids is 1. The lowest BCUT2D eigenvalue weighted by Crippen LogP contribution is -2.47. The Labute approximate surface area is 123 Å². The van der Waals surface area contributed by atoms with E-state index in [1.165, 1.54) is 4.90 Å². The molecule has 1 saturated carbocycles. The number of nitrogens with zero attached hydrogens (tertiary/aromatic N) is 2. The van der Waals surface area contributed by atoms with Crippen LogP contribution < -0.4 is 5.32 Å². The van der Waals surface area contributed by atoms with Crippen LogP contribution in [0.2, 0.25) is 0 Å². The molecule has 0 aromatic carbocycles. The van der Waals surface area contributed by atoms with E-state index in [1.54, 1.807) is 0 Å². The molecule has 7 heteroatoms. The summed E-state index contributed by atoms with van der Waals surface area (Å²) in [5.74, 6) is 0.150. The molecule has 0 bridgehead atoms. The van der Waals surface area contributed by atoms with Crippen molar-refractivity contribution in [2.45, 2.75) is 52.1 Å². The van der Waals surface area contributed by atoms with Crippen LogP contribution in [0, 0.1) is 13.8 Å². The van der Waals surface area contributed by atoms with Gasteiger partial charge < -0.3 is 19.7 Å². The third-order valence-corrected chi connectivity index (χ3v) is 3.80. The molecule has 1 aliphatic rings. The van der Waals surface area contributed by atoms with E-state index in [0.29, 0.717) is 5.89 Å². The van der Waals surface area contributed by atoms with Crippen LogP contribution in [0.4, 0.5) is 4.79 Å². The minimum Gasteiger partial charge on any atom is -0.480 e. The van der Waals surface area contributed by atoms with Gasteiger partial charge >= 0.3 is 12.0 Å². The Morgan fingerprint density at radius 1 is 1.38 bits per heavy atom. The number of amides is 2. The van der Waals surface area contributed by atoms with Crippen LogP contribution in [-0.2, 0) is 11.3 Å². The molecule has 1 aliphatic carbocycles. The molecule has 1 aromatic heterocycles. The monoisotopic (exact) mass is 295 g/mol. The van der Waals surface area contributed by atoms with Crippen LogP contribution in [-0.4, -0.2) is 39.6 Å². The second-order valence-electron chi connectivity index (χ2n) is 5.37. The average Bonchev–Trinajstić information content (AvgIpc) is 3.04. The lowest BCUT2D eigenvalue weighted by atomic mass is 10.2. The van der Waals surface area contributed by atoms with Gasteiger partial charge in [-0.3, -0.25) is 4.79 Å². The Balaban J connectivity index is 1.95. The molecule has 0 unspecified atom stereocenters. The quantitative estimate of drug-likeness (QED) is 0.864. The number of carboxylic acids is 1. The first-order valence-electron chi connectivity index (χ1n) is 7.16. The van der Waals surface area contributed by atoms with Crippen molar-refractivity contribution in [1.82, 2.24) is 15.2 Å². The molecule has 0 aliphatic heterocycles. The number of rotatable bonds is 5. The van der Waals surface area contributed by atoms with E-state index in [2.05, 4.69) is 10.3 Å². The van der Waals surface area contributed by atoms with Gasteiger partial charge in [-0.1, -0.05) is 12.8 Å². The van der Waals surface area contributed by atoms with Crippen molar-refractivity contribution in [2.24, 2.45) is 0 Å². The van der Waals surface area contributed by atoms with Crippen LogP contribution in [0.25, 0.3) is 0 Å². The molecule has 2 rings (SSSR count). The van der Waals surface area contributed by atoms with Gasteiger partial charge in [-0.25, -0.2) is 9.78 Å². The Morgan fingerprint density at radius 2 is 2.05 bits per heavy atom. The van der Waals surface area contributed by atoms with E-state index in [9.17, 15) is 9.59 Å². The summed E-state index contributed by atoms with van der Waals surface area (Å²) >= 11 is 0. The number of nitrogens with one attached hydrogen (secondary N) is 1. The zero-order valence-electron chi connectivity index (χ0n) is 12.4. The van der Waals surface area contributed by atoms with Crippen LogP contribution in [0.15, 0.2) is 4.42 Å².